The fourth-order valence-electron chi connectivity index (χ4n) is 1.84. The van der Waals surface area contributed by atoms with E-state index < -0.39 is 6.10 Å². The molecule has 0 aliphatic rings. The van der Waals surface area contributed by atoms with Crippen molar-refractivity contribution in [2.24, 2.45) is 7.05 Å². The van der Waals surface area contributed by atoms with Gasteiger partial charge in [0.15, 0.2) is 0 Å². The van der Waals surface area contributed by atoms with Gasteiger partial charge in [-0.05, 0) is 18.2 Å². The van der Waals surface area contributed by atoms with Crippen molar-refractivity contribution in [1.29, 1.82) is 0 Å². The van der Waals surface area contributed by atoms with Crippen molar-refractivity contribution in [1.82, 2.24) is 9.55 Å². The summed E-state index contributed by atoms with van der Waals surface area (Å²) in [4.78, 5) is 4.21. The van der Waals surface area contributed by atoms with E-state index in [1.807, 2.05) is 36.0 Å². The standard InChI is InChI=1S/C13H15BrN2O2/c1-16-6-5-15-13(16)8-11(17)10-7-9(14)3-4-12(10)18-2/h3-7,11,17H,8H2,1-2H3. The number of aliphatic hydroxyl groups is 1. The first kappa shape index (κ1) is 13.1. The maximum Gasteiger partial charge on any atom is 0.124 e. The monoisotopic (exact) mass is 310 g/mol. The van der Waals surface area contributed by atoms with E-state index in [1.54, 1.807) is 13.3 Å². The summed E-state index contributed by atoms with van der Waals surface area (Å²) in [7, 11) is 3.51. The second kappa shape index (κ2) is 5.54. The Morgan fingerprint density at radius 3 is 2.89 bits per heavy atom. The van der Waals surface area contributed by atoms with Crippen LogP contribution in [0, 0.1) is 0 Å². The van der Waals surface area contributed by atoms with E-state index in [-0.39, 0.29) is 0 Å². The van der Waals surface area contributed by atoms with Crippen molar-refractivity contribution in [3.63, 3.8) is 0 Å². The van der Waals surface area contributed by atoms with Crippen LogP contribution in [-0.4, -0.2) is 21.8 Å². The molecule has 0 fully saturated rings. The maximum absolute atomic E-state index is 10.3. The van der Waals surface area contributed by atoms with Crippen LogP contribution in [0.25, 0.3) is 0 Å². The molecule has 5 heteroatoms. The van der Waals surface area contributed by atoms with Gasteiger partial charge in [-0.1, -0.05) is 15.9 Å². The van der Waals surface area contributed by atoms with Crippen LogP contribution in [0.5, 0.6) is 5.75 Å². The summed E-state index contributed by atoms with van der Waals surface area (Å²) in [5.74, 6) is 1.52. The second-order valence-electron chi connectivity index (χ2n) is 4.06. The van der Waals surface area contributed by atoms with Crippen LogP contribution < -0.4 is 4.74 Å². The number of ether oxygens (including phenoxy) is 1. The molecule has 1 heterocycles. The normalized spacial score (nSPS) is 12.4. The molecular formula is C13H15BrN2O2. The highest BCUT2D eigenvalue weighted by molar-refractivity contribution is 9.10. The third-order valence-electron chi connectivity index (χ3n) is 2.85. The fourth-order valence-corrected chi connectivity index (χ4v) is 2.22. The summed E-state index contributed by atoms with van der Waals surface area (Å²) in [5, 5.41) is 10.3. The molecule has 0 radical (unpaired) electrons. The third-order valence-corrected chi connectivity index (χ3v) is 3.34. The van der Waals surface area contributed by atoms with Crippen LogP contribution >= 0.6 is 15.9 Å². The van der Waals surface area contributed by atoms with Crippen LogP contribution in [0.2, 0.25) is 0 Å². The van der Waals surface area contributed by atoms with Crippen LogP contribution in [-0.2, 0) is 13.5 Å². The summed E-state index contributed by atoms with van der Waals surface area (Å²) in [6, 6.07) is 5.59. The highest BCUT2D eigenvalue weighted by Crippen LogP contribution is 2.30. The Kier molecular flexibility index (Phi) is 4.04. The van der Waals surface area contributed by atoms with E-state index in [1.165, 1.54) is 0 Å². The first-order valence-electron chi connectivity index (χ1n) is 5.59. The lowest BCUT2D eigenvalue weighted by atomic mass is 10.1. The Labute approximate surface area is 114 Å². The Hall–Kier alpha value is -1.33. The van der Waals surface area contributed by atoms with Crippen LogP contribution in [0.1, 0.15) is 17.5 Å². The van der Waals surface area contributed by atoms with Gasteiger partial charge in [-0.15, -0.1) is 0 Å². The average Bonchev–Trinajstić information content (AvgIpc) is 2.75. The van der Waals surface area contributed by atoms with Crippen molar-refractivity contribution in [2.45, 2.75) is 12.5 Å². The molecule has 0 bridgehead atoms. The summed E-state index contributed by atoms with van der Waals surface area (Å²) >= 11 is 3.40. The molecule has 0 saturated heterocycles. The Bertz CT molecular complexity index is 540. The SMILES string of the molecule is COc1ccc(Br)cc1C(O)Cc1nccn1C. The highest BCUT2D eigenvalue weighted by atomic mass is 79.9. The average molecular weight is 311 g/mol. The Morgan fingerprint density at radius 2 is 2.28 bits per heavy atom. The minimum Gasteiger partial charge on any atom is -0.496 e. The number of nitrogens with zero attached hydrogens (tertiary/aromatic N) is 2. The highest BCUT2D eigenvalue weighted by Gasteiger charge is 2.16. The van der Waals surface area contributed by atoms with Crippen molar-refractivity contribution in [3.8, 4) is 5.75 Å². The van der Waals surface area contributed by atoms with Crippen molar-refractivity contribution >= 4 is 15.9 Å². The molecule has 1 aromatic carbocycles. The van der Waals surface area contributed by atoms with Gasteiger partial charge in [0, 0.05) is 35.9 Å². The van der Waals surface area contributed by atoms with Crippen LogP contribution in [0.3, 0.4) is 0 Å². The zero-order valence-corrected chi connectivity index (χ0v) is 11.9. The van der Waals surface area contributed by atoms with Crippen LogP contribution in [0.4, 0.5) is 0 Å². The lowest BCUT2D eigenvalue weighted by molar-refractivity contribution is 0.170. The molecule has 2 aromatic rings. The van der Waals surface area contributed by atoms with Gasteiger partial charge in [0.2, 0.25) is 0 Å². The summed E-state index contributed by atoms with van der Waals surface area (Å²) in [6.45, 7) is 0. The molecule has 1 unspecified atom stereocenters. The molecule has 2 rings (SSSR count). The smallest absolute Gasteiger partial charge is 0.124 e. The lowest BCUT2D eigenvalue weighted by Crippen LogP contribution is -2.08. The molecule has 1 aromatic heterocycles. The van der Waals surface area contributed by atoms with Crippen LogP contribution in [0.15, 0.2) is 35.1 Å². The van der Waals surface area contributed by atoms with E-state index in [4.69, 9.17) is 4.74 Å². The number of benzene rings is 1. The third kappa shape index (κ3) is 2.73. The van der Waals surface area contributed by atoms with Gasteiger partial charge in [0.1, 0.15) is 11.6 Å². The predicted octanol–water partition coefficient (Wildman–Crippen LogP) is 2.47. The molecule has 0 amide bonds. The van der Waals surface area contributed by atoms with Gasteiger partial charge in [-0.2, -0.15) is 0 Å². The maximum atomic E-state index is 10.3. The predicted molar refractivity (Wildman–Crippen MR) is 72.6 cm³/mol. The number of imidazole rings is 1. The van der Waals surface area contributed by atoms with E-state index >= 15 is 0 Å². The van der Waals surface area contributed by atoms with Gasteiger partial charge >= 0.3 is 0 Å². The minimum absolute atomic E-state index is 0.455. The topological polar surface area (TPSA) is 47.3 Å². The molecule has 1 N–H and O–H groups in total. The first-order valence-corrected chi connectivity index (χ1v) is 6.39. The molecule has 96 valence electrons. The second-order valence-corrected chi connectivity index (χ2v) is 4.98. The molecule has 0 aliphatic carbocycles. The zero-order chi connectivity index (χ0) is 13.1. The number of hydrogen-bond acceptors (Lipinski definition) is 3. The van der Waals surface area contributed by atoms with E-state index in [0.29, 0.717) is 12.2 Å². The molecule has 1 atom stereocenters. The fraction of sp³-hybridized carbons (Fsp3) is 0.308. The van der Waals surface area contributed by atoms with Gasteiger partial charge in [-0.3, -0.25) is 0 Å². The zero-order valence-electron chi connectivity index (χ0n) is 10.3. The summed E-state index contributed by atoms with van der Waals surface area (Å²) in [6.07, 6.45) is 3.40. The number of aryl methyl sites for hydroxylation is 1. The van der Waals surface area contributed by atoms with Gasteiger partial charge in [-0.25, -0.2) is 4.98 Å². The minimum atomic E-state index is -0.640. The van der Waals surface area contributed by atoms with Crippen molar-refractivity contribution in [3.05, 3.63) is 46.5 Å². The van der Waals surface area contributed by atoms with E-state index in [2.05, 4.69) is 20.9 Å². The van der Waals surface area contributed by atoms with Crippen molar-refractivity contribution in [2.75, 3.05) is 7.11 Å². The summed E-state index contributed by atoms with van der Waals surface area (Å²) in [5.41, 5.74) is 0.759. The van der Waals surface area contributed by atoms with Gasteiger partial charge < -0.3 is 14.4 Å². The Morgan fingerprint density at radius 1 is 1.50 bits per heavy atom. The first-order chi connectivity index (χ1) is 8.61. The number of rotatable bonds is 4. The quantitative estimate of drug-likeness (QED) is 0.943. The number of methoxy groups -OCH3 is 1. The Balaban J connectivity index is 2.25. The van der Waals surface area contributed by atoms with Gasteiger partial charge in [0.05, 0.1) is 13.2 Å². The summed E-state index contributed by atoms with van der Waals surface area (Å²) < 4.78 is 8.07. The number of hydrogen-bond donors (Lipinski definition) is 1. The largest absolute Gasteiger partial charge is 0.496 e. The molecule has 0 spiro atoms. The molecule has 18 heavy (non-hydrogen) atoms. The number of aliphatic hydroxyl groups excluding tert-OH is 1. The molecule has 0 saturated carbocycles. The number of aromatic nitrogens is 2. The lowest BCUT2D eigenvalue weighted by Gasteiger charge is -2.15. The number of halogens is 1. The molecule has 4 nitrogen and oxygen atoms in total. The molecular weight excluding hydrogens is 296 g/mol. The van der Waals surface area contributed by atoms with Crippen molar-refractivity contribution < 1.29 is 9.84 Å². The molecule has 0 aliphatic heterocycles. The van der Waals surface area contributed by atoms with Gasteiger partial charge in [0.25, 0.3) is 0 Å². The van der Waals surface area contributed by atoms with E-state index in [9.17, 15) is 5.11 Å². The van der Waals surface area contributed by atoms with E-state index in [0.717, 1.165) is 15.9 Å².